The molecule has 2 aliphatic heterocycles. The average molecular weight is 248 g/mol. The first-order valence-electron chi connectivity index (χ1n) is 6.75. The van der Waals surface area contributed by atoms with Gasteiger partial charge in [-0.15, -0.1) is 0 Å². The van der Waals surface area contributed by atoms with Gasteiger partial charge in [-0.1, -0.05) is 6.42 Å². The quantitative estimate of drug-likeness (QED) is 0.753. The molecule has 0 saturated carbocycles. The Morgan fingerprint density at radius 1 is 1.39 bits per heavy atom. The molecule has 2 amide bonds. The molecule has 2 atom stereocenters. The van der Waals surface area contributed by atoms with Crippen LogP contribution in [0.15, 0.2) is 18.3 Å². The number of hydrogen-bond acceptors (Lipinski definition) is 2. The van der Waals surface area contributed by atoms with E-state index in [2.05, 4.69) is 15.6 Å². The number of amides is 2. The van der Waals surface area contributed by atoms with Crippen LogP contribution in [-0.4, -0.2) is 41.6 Å². The first kappa shape index (κ1) is 11.6. The highest BCUT2D eigenvalue weighted by molar-refractivity contribution is 5.77. The molecule has 3 heterocycles. The van der Waals surface area contributed by atoms with Crippen molar-refractivity contribution >= 4 is 6.03 Å². The summed E-state index contributed by atoms with van der Waals surface area (Å²) in [5.74, 6) is 0. The van der Waals surface area contributed by atoms with E-state index < -0.39 is 0 Å². The predicted octanol–water partition coefficient (Wildman–Crippen LogP) is 1.22. The van der Waals surface area contributed by atoms with Gasteiger partial charge in [-0.05, 0) is 31.5 Å². The summed E-state index contributed by atoms with van der Waals surface area (Å²) in [6, 6.07) is 4.62. The summed E-state index contributed by atoms with van der Waals surface area (Å²) in [6.07, 6.45) is 5.60. The number of aromatic amines is 1. The van der Waals surface area contributed by atoms with Gasteiger partial charge in [0.05, 0.1) is 6.04 Å². The third-order valence-electron chi connectivity index (χ3n) is 3.84. The number of nitrogens with zero attached hydrogens (tertiary/aromatic N) is 1. The van der Waals surface area contributed by atoms with Crippen LogP contribution in [0.3, 0.4) is 0 Å². The second kappa shape index (κ2) is 5.02. The fraction of sp³-hybridized carbons (Fsp3) is 0.615. The van der Waals surface area contributed by atoms with E-state index in [1.165, 1.54) is 19.3 Å². The maximum absolute atomic E-state index is 11.9. The van der Waals surface area contributed by atoms with Crippen molar-refractivity contribution in [2.45, 2.75) is 31.3 Å². The Morgan fingerprint density at radius 2 is 2.33 bits per heavy atom. The Morgan fingerprint density at radius 3 is 3.06 bits per heavy atom. The van der Waals surface area contributed by atoms with Crippen molar-refractivity contribution in [3.8, 4) is 0 Å². The Balaban J connectivity index is 1.58. The number of carbonyl (C=O) groups is 1. The van der Waals surface area contributed by atoms with Gasteiger partial charge in [-0.25, -0.2) is 4.79 Å². The number of urea groups is 1. The maximum Gasteiger partial charge on any atom is 0.318 e. The van der Waals surface area contributed by atoms with Crippen LogP contribution < -0.4 is 10.6 Å². The summed E-state index contributed by atoms with van der Waals surface area (Å²) in [5, 5.41) is 6.51. The molecule has 3 N–H and O–H groups in total. The highest BCUT2D eigenvalue weighted by Crippen LogP contribution is 2.19. The minimum atomic E-state index is 0.0574. The summed E-state index contributed by atoms with van der Waals surface area (Å²) < 4.78 is 0. The van der Waals surface area contributed by atoms with Crippen LogP contribution >= 0.6 is 0 Å². The molecule has 18 heavy (non-hydrogen) atoms. The van der Waals surface area contributed by atoms with Crippen LogP contribution in [0.4, 0.5) is 4.79 Å². The van der Waals surface area contributed by atoms with Gasteiger partial charge in [0.25, 0.3) is 0 Å². The first-order chi connectivity index (χ1) is 8.83. The zero-order valence-electron chi connectivity index (χ0n) is 10.5. The second-order valence-electron chi connectivity index (χ2n) is 5.18. The topological polar surface area (TPSA) is 60.2 Å². The Kier molecular flexibility index (Phi) is 3.23. The molecular weight excluding hydrogens is 228 g/mol. The van der Waals surface area contributed by atoms with Crippen molar-refractivity contribution in [2.75, 3.05) is 19.6 Å². The lowest BCUT2D eigenvalue weighted by molar-refractivity contribution is 0.207. The maximum atomic E-state index is 11.9. The van der Waals surface area contributed by atoms with Crippen molar-refractivity contribution in [3.63, 3.8) is 0 Å². The van der Waals surface area contributed by atoms with Crippen molar-refractivity contribution < 1.29 is 4.79 Å². The van der Waals surface area contributed by atoms with Gasteiger partial charge in [0.2, 0.25) is 0 Å². The summed E-state index contributed by atoms with van der Waals surface area (Å²) in [7, 11) is 0. The van der Waals surface area contributed by atoms with E-state index in [0.717, 1.165) is 25.3 Å². The van der Waals surface area contributed by atoms with Crippen molar-refractivity contribution in [1.82, 2.24) is 20.5 Å². The van der Waals surface area contributed by atoms with Crippen LogP contribution in [-0.2, 0) is 0 Å². The number of nitrogens with one attached hydrogen (secondary N) is 3. The lowest BCUT2D eigenvalue weighted by Crippen LogP contribution is -2.44. The lowest BCUT2D eigenvalue weighted by atomic mass is 10.0. The van der Waals surface area contributed by atoms with Crippen LogP contribution in [0, 0.1) is 0 Å². The van der Waals surface area contributed by atoms with E-state index in [4.69, 9.17) is 0 Å². The molecule has 0 aliphatic carbocycles. The number of H-pyrrole nitrogens is 1. The molecule has 0 aromatic carbocycles. The van der Waals surface area contributed by atoms with Gasteiger partial charge in [-0.2, -0.15) is 0 Å². The van der Waals surface area contributed by atoms with E-state index in [0.29, 0.717) is 6.04 Å². The standard InChI is InChI=1S/C13H20N4O/c18-13-16-12(11-5-3-7-15-11)9-17(13)8-10-4-1-2-6-14-10/h3,5,7,10,12,14-15H,1-2,4,6,8-9H2,(H,16,18). The number of hydrogen-bond donors (Lipinski definition) is 3. The number of aromatic nitrogens is 1. The third kappa shape index (κ3) is 2.36. The van der Waals surface area contributed by atoms with Crippen LogP contribution in [0.25, 0.3) is 0 Å². The van der Waals surface area contributed by atoms with Crippen molar-refractivity contribution in [1.29, 1.82) is 0 Å². The molecule has 0 bridgehead atoms. The molecule has 0 spiro atoms. The monoisotopic (exact) mass is 248 g/mol. The van der Waals surface area contributed by atoms with E-state index in [9.17, 15) is 4.79 Å². The number of carbonyl (C=O) groups excluding carboxylic acids is 1. The smallest absolute Gasteiger partial charge is 0.318 e. The van der Waals surface area contributed by atoms with E-state index in [1.54, 1.807) is 0 Å². The molecule has 2 fully saturated rings. The van der Waals surface area contributed by atoms with Gasteiger partial charge in [0, 0.05) is 31.0 Å². The van der Waals surface area contributed by atoms with Gasteiger partial charge < -0.3 is 20.5 Å². The average Bonchev–Trinajstić information content (AvgIpc) is 3.01. The van der Waals surface area contributed by atoms with Gasteiger partial charge >= 0.3 is 6.03 Å². The molecule has 5 nitrogen and oxygen atoms in total. The van der Waals surface area contributed by atoms with Crippen molar-refractivity contribution in [3.05, 3.63) is 24.0 Å². The minimum absolute atomic E-state index is 0.0574. The van der Waals surface area contributed by atoms with Gasteiger partial charge in [0.15, 0.2) is 0 Å². The van der Waals surface area contributed by atoms with Crippen LogP contribution in [0.1, 0.15) is 31.0 Å². The molecule has 98 valence electrons. The van der Waals surface area contributed by atoms with Crippen LogP contribution in [0.5, 0.6) is 0 Å². The zero-order chi connectivity index (χ0) is 12.4. The minimum Gasteiger partial charge on any atom is -0.363 e. The summed E-state index contributed by atoms with van der Waals surface area (Å²) in [6.45, 7) is 2.67. The zero-order valence-corrected chi connectivity index (χ0v) is 10.5. The molecular formula is C13H20N4O. The Bertz CT molecular complexity index is 397. The highest BCUT2D eigenvalue weighted by atomic mass is 16.2. The summed E-state index contributed by atoms with van der Waals surface area (Å²) >= 11 is 0. The molecule has 1 aromatic rings. The van der Waals surface area contributed by atoms with Crippen LogP contribution in [0.2, 0.25) is 0 Å². The lowest BCUT2D eigenvalue weighted by Gasteiger charge is -2.27. The van der Waals surface area contributed by atoms with Gasteiger partial charge in [-0.3, -0.25) is 0 Å². The largest absolute Gasteiger partial charge is 0.363 e. The normalized spacial score (nSPS) is 28.4. The summed E-state index contributed by atoms with van der Waals surface area (Å²) in [4.78, 5) is 17.0. The van der Waals surface area contributed by atoms with Gasteiger partial charge in [0.1, 0.15) is 0 Å². The number of rotatable bonds is 3. The molecule has 0 radical (unpaired) electrons. The van der Waals surface area contributed by atoms with E-state index >= 15 is 0 Å². The fourth-order valence-corrected chi connectivity index (χ4v) is 2.83. The van der Waals surface area contributed by atoms with E-state index in [1.807, 2.05) is 23.2 Å². The number of piperidine rings is 1. The fourth-order valence-electron chi connectivity index (χ4n) is 2.83. The molecule has 3 rings (SSSR count). The first-order valence-corrected chi connectivity index (χ1v) is 6.75. The third-order valence-corrected chi connectivity index (χ3v) is 3.84. The van der Waals surface area contributed by atoms with Crippen molar-refractivity contribution in [2.24, 2.45) is 0 Å². The molecule has 2 saturated heterocycles. The Hall–Kier alpha value is -1.49. The SMILES string of the molecule is O=C1NC(c2ccc[nH]2)CN1CC1CCCCN1. The molecule has 2 aliphatic rings. The molecule has 1 aromatic heterocycles. The predicted molar refractivity (Wildman–Crippen MR) is 69.3 cm³/mol. The molecule has 2 unspecified atom stereocenters. The highest BCUT2D eigenvalue weighted by Gasteiger charge is 2.31. The van der Waals surface area contributed by atoms with E-state index in [-0.39, 0.29) is 12.1 Å². The summed E-state index contributed by atoms with van der Waals surface area (Å²) in [5.41, 5.74) is 1.09. The molecule has 5 heteroatoms. The second-order valence-corrected chi connectivity index (χ2v) is 5.18. The Labute approximate surface area is 107 Å².